The van der Waals surface area contributed by atoms with E-state index in [0.29, 0.717) is 24.0 Å². The molecule has 0 N–H and O–H groups in total. The van der Waals surface area contributed by atoms with Crippen molar-refractivity contribution in [3.05, 3.63) is 101 Å². The van der Waals surface area contributed by atoms with Gasteiger partial charge in [0.15, 0.2) is 0 Å². The second-order valence-electron chi connectivity index (χ2n) is 10.9. The third-order valence-electron chi connectivity index (χ3n) is 9.07. The van der Waals surface area contributed by atoms with Crippen LogP contribution in [0.1, 0.15) is 67.2 Å². The van der Waals surface area contributed by atoms with E-state index in [1.54, 1.807) is 5.56 Å². The molecule has 5 atom stereocenters. The van der Waals surface area contributed by atoms with Gasteiger partial charge in [-0.05, 0) is 60.5 Å². The smallest absolute Gasteiger partial charge is 0.515 e. The number of benzene rings is 3. The van der Waals surface area contributed by atoms with Crippen molar-refractivity contribution in [2.45, 2.75) is 70.7 Å². The van der Waals surface area contributed by atoms with E-state index in [9.17, 15) is 0 Å². The topological polar surface area (TPSA) is 18.5 Å². The van der Waals surface area contributed by atoms with Gasteiger partial charge in [-0.25, -0.2) is 0 Å². The molecule has 3 aromatic carbocycles. The SMILES string of the molecule is C[C@]12CC[C@@H]3c4c[c-]c(OCc5ccccc5)cc4CC[C@H]3[C@@H]1CC[C@@H]2OCc1ccccc1.[Li+]. The van der Waals surface area contributed by atoms with Crippen LogP contribution < -0.4 is 23.6 Å². The maximum atomic E-state index is 6.57. The van der Waals surface area contributed by atoms with E-state index < -0.39 is 0 Å². The maximum Gasteiger partial charge on any atom is 1.00 e. The maximum absolute atomic E-state index is 6.57. The zero-order valence-corrected chi connectivity index (χ0v) is 21.2. The molecular formula is C32H35LiO2. The molecule has 0 saturated heterocycles. The van der Waals surface area contributed by atoms with Crippen molar-refractivity contribution in [2.75, 3.05) is 0 Å². The van der Waals surface area contributed by atoms with Crippen molar-refractivity contribution in [1.82, 2.24) is 0 Å². The monoisotopic (exact) mass is 458 g/mol. The van der Waals surface area contributed by atoms with Crippen molar-refractivity contribution in [1.29, 1.82) is 0 Å². The minimum atomic E-state index is 0. The third-order valence-corrected chi connectivity index (χ3v) is 9.07. The zero-order chi connectivity index (χ0) is 23.0. The van der Waals surface area contributed by atoms with Crippen LogP contribution in [0, 0.1) is 23.3 Å². The number of ether oxygens (including phenoxy) is 2. The van der Waals surface area contributed by atoms with Crippen molar-refractivity contribution in [3.8, 4) is 5.75 Å². The predicted octanol–water partition coefficient (Wildman–Crippen LogP) is 4.51. The Morgan fingerprint density at radius 2 is 1.60 bits per heavy atom. The van der Waals surface area contributed by atoms with E-state index >= 15 is 0 Å². The summed E-state index contributed by atoms with van der Waals surface area (Å²) in [5, 5.41) is 0. The van der Waals surface area contributed by atoms with Gasteiger partial charge in [0.1, 0.15) is 6.61 Å². The molecule has 6 rings (SSSR count). The third kappa shape index (κ3) is 4.86. The molecule has 176 valence electrons. The Balaban J connectivity index is 0.00000253. The van der Waals surface area contributed by atoms with Crippen LogP contribution >= 0.6 is 0 Å². The second kappa shape index (κ2) is 10.6. The molecule has 0 bridgehead atoms. The van der Waals surface area contributed by atoms with Gasteiger partial charge in [0.2, 0.25) is 0 Å². The van der Waals surface area contributed by atoms with Crippen molar-refractivity contribution >= 4 is 0 Å². The number of hydrogen-bond acceptors (Lipinski definition) is 2. The van der Waals surface area contributed by atoms with Gasteiger partial charge in [-0.15, -0.1) is 17.7 Å². The molecule has 3 aliphatic carbocycles. The van der Waals surface area contributed by atoms with Crippen molar-refractivity contribution in [3.63, 3.8) is 0 Å². The van der Waals surface area contributed by atoms with Gasteiger partial charge in [-0.2, -0.15) is 11.6 Å². The first kappa shape index (κ1) is 24.7. The normalized spacial score (nSPS) is 28.8. The summed E-state index contributed by atoms with van der Waals surface area (Å²) in [7, 11) is 0. The largest absolute Gasteiger partial charge is 1.00 e. The summed E-state index contributed by atoms with van der Waals surface area (Å²) >= 11 is 0. The summed E-state index contributed by atoms with van der Waals surface area (Å²) in [6.07, 6.45) is 7.91. The van der Waals surface area contributed by atoms with E-state index in [1.165, 1.54) is 48.8 Å². The average Bonchev–Trinajstić information content (AvgIpc) is 3.23. The molecule has 3 aliphatic rings. The van der Waals surface area contributed by atoms with E-state index in [2.05, 4.69) is 79.7 Å². The summed E-state index contributed by atoms with van der Waals surface area (Å²) in [6.45, 7) is 3.87. The van der Waals surface area contributed by atoms with Crippen LogP contribution in [-0.4, -0.2) is 6.10 Å². The quantitative estimate of drug-likeness (QED) is 0.400. The Morgan fingerprint density at radius 1 is 0.886 bits per heavy atom. The van der Waals surface area contributed by atoms with Crippen molar-refractivity contribution < 1.29 is 28.3 Å². The first-order valence-corrected chi connectivity index (χ1v) is 13.1. The Hall–Kier alpha value is -1.98. The predicted molar refractivity (Wildman–Crippen MR) is 136 cm³/mol. The molecular weight excluding hydrogens is 423 g/mol. The molecule has 35 heavy (non-hydrogen) atoms. The molecule has 0 aromatic heterocycles. The van der Waals surface area contributed by atoms with Gasteiger partial charge in [0.05, 0.1) is 12.7 Å². The summed E-state index contributed by atoms with van der Waals surface area (Å²) in [5.41, 5.74) is 5.83. The number of hydrogen-bond donors (Lipinski definition) is 0. The summed E-state index contributed by atoms with van der Waals surface area (Å²) in [6, 6.07) is 29.0. The fourth-order valence-electron chi connectivity index (χ4n) is 7.30. The Kier molecular flexibility index (Phi) is 7.45. The second-order valence-corrected chi connectivity index (χ2v) is 10.9. The Bertz CT molecular complexity index is 1110. The van der Waals surface area contributed by atoms with E-state index in [4.69, 9.17) is 9.47 Å². The van der Waals surface area contributed by atoms with E-state index in [0.717, 1.165) is 30.6 Å². The summed E-state index contributed by atoms with van der Waals surface area (Å²) in [5.74, 6) is 3.11. The standard InChI is InChI=1S/C32H35O2.Li/c1-32-19-18-28-27-15-13-26(33-21-23-8-4-2-5-9-23)20-25(27)12-14-29(28)30(32)16-17-31(32)34-22-24-10-6-3-7-11-24;/h2-11,15,20,28-31H,12,14,16-19,21-22H2,1H3;/q-1;+1/t28-,29-,30+,31+,32+;/m1./s1. The molecule has 0 heterocycles. The van der Waals surface area contributed by atoms with E-state index in [-0.39, 0.29) is 18.9 Å². The van der Waals surface area contributed by atoms with Crippen LogP contribution in [0.25, 0.3) is 0 Å². The van der Waals surface area contributed by atoms with Gasteiger partial charge in [-0.1, -0.05) is 79.9 Å². The summed E-state index contributed by atoms with van der Waals surface area (Å²) in [4.78, 5) is 0. The van der Waals surface area contributed by atoms with Gasteiger partial charge >= 0.3 is 18.9 Å². The molecule has 3 aromatic rings. The molecule has 0 unspecified atom stereocenters. The van der Waals surface area contributed by atoms with Crippen LogP contribution in [0.4, 0.5) is 0 Å². The molecule has 2 fully saturated rings. The molecule has 3 heteroatoms. The van der Waals surface area contributed by atoms with Crippen LogP contribution in [0.3, 0.4) is 0 Å². The minimum absolute atomic E-state index is 0. The fraction of sp³-hybridized carbons (Fsp3) is 0.438. The number of fused-ring (bicyclic) bond motifs is 5. The van der Waals surface area contributed by atoms with Crippen LogP contribution in [-0.2, 0) is 24.4 Å². The van der Waals surface area contributed by atoms with Crippen LogP contribution in [0.15, 0.2) is 72.8 Å². The van der Waals surface area contributed by atoms with Crippen LogP contribution in [0.5, 0.6) is 5.75 Å². The molecule has 0 amide bonds. The first-order valence-electron chi connectivity index (χ1n) is 13.1. The Morgan fingerprint density at radius 3 is 2.34 bits per heavy atom. The number of aryl methyl sites for hydroxylation is 1. The van der Waals surface area contributed by atoms with Gasteiger partial charge in [0.25, 0.3) is 0 Å². The van der Waals surface area contributed by atoms with Gasteiger partial charge in [0, 0.05) is 5.75 Å². The first-order chi connectivity index (χ1) is 16.7. The average molecular weight is 459 g/mol. The van der Waals surface area contributed by atoms with Gasteiger partial charge < -0.3 is 9.47 Å². The van der Waals surface area contributed by atoms with Crippen LogP contribution in [0.2, 0.25) is 0 Å². The molecule has 2 saturated carbocycles. The summed E-state index contributed by atoms with van der Waals surface area (Å²) < 4.78 is 12.7. The minimum Gasteiger partial charge on any atom is -0.515 e. The molecule has 0 radical (unpaired) electrons. The van der Waals surface area contributed by atoms with Gasteiger partial charge in [-0.3, -0.25) is 0 Å². The number of rotatable bonds is 6. The molecule has 2 nitrogen and oxygen atoms in total. The molecule has 0 spiro atoms. The fourth-order valence-corrected chi connectivity index (χ4v) is 7.30. The van der Waals surface area contributed by atoms with Crippen molar-refractivity contribution in [2.24, 2.45) is 17.3 Å². The Labute approximate surface area is 222 Å². The zero-order valence-electron chi connectivity index (χ0n) is 21.2. The molecule has 0 aliphatic heterocycles. The van der Waals surface area contributed by atoms with E-state index in [1.807, 2.05) is 6.07 Å².